The molecule has 0 bridgehead atoms. The Morgan fingerprint density at radius 3 is 2.04 bits per heavy atom. The van der Waals surface area contributed by atoms with Crippen LogP contribution in [0.4, 0.5) is 5.69 Å². The Hall–Kier alpha value is -3.73. The van der Waals surface area contributed by atoms with Crippen molar-refractivity contribution in [2.24, 2.45) is 4.99 Å². The van der Waals surface area contributed by atoms with Gasteiger partial charge in [0.2, 0.25) is 0 Å². The summed E-state index contributed by atoms with van der Waals surface area (Å²) in [6.45, 7) is 35.0. The fourth-order valence-electron chi connectivity index (χ4n) is 5.97. The van der Waals surface area contributed by atoms with E-state index in [-0.39, 0.29) is 24.2 Å². The van der Waals surface area contributed by atoms with Gasteiger partial charge in [-0.3, -0.25) is 4.99 Å². The highest BCUT2D eigenvalue weighted by Gasteiger charge is 2.51. The number of benzene rings is 3. The van der Waals surface area contributed by atoms with Crippen LogP contribution in [-0.2, 0) is 22.2 Å². The first-order chi connectivity index (χ1) is 24.5. The van der Waals surface area contributed by atoms with Crippen LogP contribution in [-0.4, -0.2) is 24.5 Å². The number of allylic oxidation sites excluding steroid dienone is 8. The van der Waals surface area contributed by atoms with Crippen molar-refractivity contribution in [3.8, 4) is 0 Å². The largest absolute Gasteiger partial charge is 0.490 e. The molecule has 3 aromatic rings. The van der Waals surface area contributed by atoms with Crippen LogP contribution < -0.4 is 0 Å². The van der Waals surface area contributed by atoms with Crippen LogP contribution in [0.2, 0.25) is 0 Å². The number of hydrogen-bond acceptors (Lipinski definition) is 3. The molecule has 276 valence electrons. The maximum Gasteiger partial charge on any atom is 0.490 e. The molecule has 1 saturated heterocycles. The highest BCUT2D eigenvalue weighted by molar-refractivity contribution is 6.54. The Morgan fingerprint density at radius 1 is 0.863 bits per heavy atom. The van der Waals surface area contributed by atoms with E-state index in [0.717, 1.165) is 42.4 Å². The predicted molar refractivity (Wildman–Crippen MR) is 231 cm³/mol. The molecule has 1 aliphatic rings. The first-order valence-electron chi connectivity index (χ1n) is 19.3. The average molecular weight is 690 g/mol. The van der Waals surface area contributed by atoms with Crippen LogP contribution in [0.1, 0.15) is 131 Å². The van der Waals surface area contributed by atoms with Gasteiger partial charge in [0.1, 0.15) is 0 Å². The van der Waals surface area contributed by atoms with Crippen molar-refractivity contribution in [2.45, 2.75) is 133 Å². The predicted octanol–water partition coefficient (Wildman–Crippen LogP) is 14.2. The van der Waals surface area contributed by atoms with E-state index in [9.17, 15) is 0 Å². The zero-order valence-corrected chi connectivity index (χ0v) is 34.4. The van der Waals surface area contributed by atoms with E-state index in [1.807, 2.05) is 41.5 Å². The van der Waals surface area contributed by atoms with Gasteiger partial charge >= 0.3 is 7.12 Å². The van der Waals surface area contributed by atoms with E-state index < -0.39 is 0 Å². The van der Waals surface area contributed by atoms with Crippen molar-refractivity contribution >= 4 is 35.4 Å². The van der Waals surface area contributed by atoms with E-state index >= 15 is 0 Å². The molecule has 1 aliphatic heterocycles. The van der Waals surface area contributed by atoms with Gasteiger partial charge in [-0.15, -0.1) is 0 Å². The van der Waals surface area contributed by atoms with E-state index in [1.165, 1.54) is 33.0 Å². The first-order valence-corrected chi connectivity index (χ1v) is 19.3. The molecule has 1 heterocycles. The van der Waals surface area contributed by atoms with Crippen molar-refractivity contribution in [1.82, 2.24) is 0 Å². The Bertz CT molecular complexity index is 1620. The lowest BCUT2D eigenvalue weighted by Crippen LogP contribution is -2.41. The smallest absolute Gasteiger partial charge is 0.400 e. The lowest BCUT2D eigenvalue weighted by molar-refractivity contribution is 0.00578. The van der Waals surface area contributed by atoms with Gasteiger partial charge in [-0.05, 0) is 99.5 Å². The zero-order chi connectivity index (χ0) is 38.6. The molecule has 0 N–H and O–H groups in total. The molecule has 4 heteroatoms. The third-order valence-electron chi connectivity index (χ3n) is 9.15. The zero-order valence-electron chi connectivity index (χ0n) is 34.4. The molecule has 0 aromatic heterocycles. The number of nitrogens with zero attached hydrogens (tertiary/aromatic N) is 1. The van der Waals surface area contributed by atoms with Crippen LogP contribution in [0.25, 0.3) is 16.3 Å². The monoisotopic (exact) mass is 690 g/mol. The van der Waals surface area contributed by atoms with Crippen molar-refractivity contribution in [3.63, 3.8) is 0 Å². The molecule has 3 aromatic carbocycles. The molecule has 1 unspecified atom stereocenters. The van der Waals surface area contributed by atoms with Gasteiger partial charge in [0.05, 0.1) is 16.9 Å². The normalized spacial score (nSPS) is 15.5. The maximum absolute atomic E-state index is 6.22. The highest BCUT2D eigenvalue weighted by atomic mass is 16.7. The van der Waals surface area contributed by atoms with Crippen molar-refractivity contribution in [2.75, 3.05) is 0 Å². The highest BCUT2D eigenvalue weighted by Crippen LogP contribution is 2.39. The van der Waals surface area contributed by atoms with E-state index in [0.29, 0.717) is 0 Å². The van der Waals surface area contributed by atoms with E-state index in [2.05, 4.69) is 147 Å². The summed E-state index contributed by atoms with van der Waals surface area (Å²) in [7, 11) is -0.351. The molecule has 0 spiro atoms. The summed E-state index contributed by atoms with van der Waals surface area (Å²) in [6, 6.07) is 19.7. The minimum atomic E-state index is -0.355. The molecule has 0 radical (unpaired) electrons. The van der Waals surface area contributed by atoms with Gasteiger partial charge in [0.15, 0.2) is 0 Å². The minimum Gasteiger partial charge on any atom is -0.400 e. The van der Waals surface area contributed by atoms with Crippen molar-refractivity contribution < 1.29 is 9.31 Å². The van der Waals surface area contributed by atoms with Crippen molar-refractivity contribution in [3.05, 3.63) is 132 Å². The number of aryl methyl sites for hydroxylation is 2. The number of hydrogen-bond donors (Lipinski definition) is 0. The van der Waals surface area contributed by atoms with Crippen LogP contribution in [0.5, 0.6) is 0 Å². The van der Waals surface area contributed by atoms with Gasteiger partial charge in [-0.1, -0.05) is 159 Å². The number of aliphatic imine (C=N–C) groups is 1. The lowest BCUT2D eigenvalue weighted by Gasteiger charge is -2.32. The lowest BCUT2D eigenvalue weighted by atomic mass is 9.79. The summed E-state index contributed by atoms with van der Waals surface area (Å²) in [5.74, 6) is 0.255. The van der Waals surface area contributed by atoms with Gasteiger partial charge in [0, 0.05) is 17.5 Å². The van der Waals surface area contributed by atoms with Crippen LogP contribution >= 0.6 is 0 Å². The first kappa shape index (κ1) is 45.3. The Morgan fingerprint density at radius 2 is 1.45 bits per heavy atom. The third-order valence-corrected chi connectivity index (χ3v) is 9.15. The molecule has 0 aliphatic carbocycles. The minimum absolute atomic E-state index is 0.255. The average Bonchev–Trinajstić information content (AvgIpc) is 3.38. The molecule has 0 saturated carbocycles. The SMILES string of the molecule is C=CC=Nc1c(CCC)cc(CCC(/C=C\C)c2ccccc2C(=C)/C=C\C=C(/C)B2OC(C)(C)C(C)(C)O2)c2ccccc12.CC.CC.CC. The molecule has 3 nitrogen and oxygen atoms in total. The maximum atomic E-state index is 6.22. The molecular formula is C47H68BNO2. The van der Waals surface area contributed by atoms with Gasteiger partial charge in [0.25, 0.3) is 0 Å². The van der Waals surface area contributed by atoms with Crippen LogP contribution in [0.15, 0.2) is 115 Å². The second kappa shape index (κ2) is 23.0. The van der Waals surface area contributed by atoms with E-state index in [4.69, 9.17) is 14.3 Å². The second-order valence-electron chi connectivity index (χ2n) is 13.0. The molecular weight excluding hydrogens is 621 g/mol. The number of fused-ring (bicyclic) bond motifs is 1. The summed E-state index contributed by atoms with van der Waals surface area (Å²) in [6.07, 6.45) is 18.3. The summed E-state index contributed by atoms with van der Waals surface area (Å²) < 4.78 is 12.4. The Labute approximate surface area is 313 Å². The van der Waals surface area contributed by atoms with Crippen LogP contribution in [0.3, 0.4) is 0 Å². The molecule has 1 fully saturated rings. The summed E-state index contributed by atoms with van der Waals surface area (Å²) in [5.41, 5.74) is 7.52. The molecule has 51 heavy (non-hydrogen) atoms. The Kier molecular flexibility index (Phi) is 20.4. The van der Waals surface area contributed by atoms with Crippen LogP contribution in [0, 0.1) is 0 Å². The summed E-state index contributed by atoms with van der Waals surface area (Å²) in [5, 5.41) is 2.49. The quantitative estimate of drug-likeness (QED) is 0.0774. The topological polar surface area (TPSA) is 30.8 Å². The molecule has 4 rings (SSSR count). The molecule has 0 amide bonds. The van der Waals surface area contributed by atoms with Gasteiger partial charge < -0.3 is 9.31 Å². The Balaban J connectivity index is 0.00000206. The second-order valence-corrected chi connectivity index (χ2v) is 13.0. The fourth-order valence-corrected chi connectivity index (χ4v) is 5.97. The van der Waals surface area contributed by atoms with Gasteiger partial charge in [-0.2, -0.15) is 0 Å². The van der Waals surface area contributed by atoms with E-state index in [1.54, 1.807) is 12.3 Å². The number of rotatable bonds is 13. The fraction of sp³-hybridized carbons (Fsp3) is 0.426. The third kappa shape index (κ3) is 12.2. The molecule has 1 atom stereocenters. The van der Waals surface area contributed by atoms with Crippen molar-refractivity contribution in [1.29, 1.82) is 0 Å². The standard InChI is InChI=1S/C41H50BNO2.3C2H6/c1-10-18-32(26-27-33-29-34(19-11-2)39(43-28-12-3)38-25-16-15-24-37(33)38)36-23-14-13-22-35(36)30(4)20-17-21-31(5)42-44-40(6,7)41(8,9)45-42;3*1-2/h10,12-18,20-25,28-29,32H,3-4,11,19,26-27H2,1-2,5-9H3;3*1-2H3/b18-10-,20-17-,31-21+,43-28?;;;. The summed E-state index contributed by atoms with van der Waals surface area (Å²) >= 11 is 0. The summed E-state index contributed by atoms with van der Waals surface area (Å²) in [4.78, 5) is 4.80. The van der Waals surface area contributed by atoms with Gasteiger partial charge in [-0.25, -0.2) is 0 Å².